The first-order valence-corrected chi connectivity index (χ1v) is 9.29. The molecule has 1 aliphatic rings. The molecule has 10 nitrogen and oxygen atoms in total. The van der Waals surface area contributed by atoms with Gasteiger partial charge in [-0.05, 0) is 29.3 Å². The molecule has 3 heterocycles. The van der Waals surface area contributed by atoms with Gasteiger partial charge in [0.15, 0.2) is 23.2 Å². The Kier molecular flexibility index (Phi) is 5.52. The highest BCUT2D eigenvalue weighted by molar-refractivity contribution is 6.28. The molecular weight excluding hydrogens is 402 g/mol. The predicted octanol–water partition coefficient (Wildman–Crippen LogP) is 0.712. The lowest BCUT2D eigenvalue weighted by atomic mass is 10.1. The topological polar surface area (TPSA) is 135 Å². The number of hydrogen-bond donors (Lipinski definition) is 4. The Morgan fingerprint density at radius 1 is 1.21 bits per heavy atom. The molecule has 0 aliphatic carbocycles. The number of imidazole rings is 1. The van der Waals surface area contributed by atoms with Crippen LogP contribution in [0.3, 0.4) is 0 Å². The van der Waals surface area contributed by atoms with Gasteiger partial charge in [-0.15, -0.1) is 0 Å². The number of ether oxygens (including phenoxy) is 2. The van der Waals surface area contributed by atoms with Gasteiger partial charge in [-0.1, -0.05) is 12.1 Å². The Balaban J connectivity index is 1.61. The molecule has 2 aromatic heterocycles. The van der Waals surface area contributed by atoms with Crippen molar-refractivity contribution in [2.75, 3.05) is 19.0 Å². The maximum Gasteiger partial charge on any atom is 0.226 e. The predicted molar refractivity (Wildman–Crippen MR) is 104 cm³/mol. The zero-order valence-electron chi connectivity index (χ0n) is 15.4. The van der Waals surface area contributed by atoms with Crippen molar-refractivity contribution in [2.45, 2.75) is 31.1 Å². The largest absolute Gasteiger partial charge is 0.497 e. The summed E-state index contributed by atoms with van der Waals surface area (Å²) in [6.07, 6.45) is -2.93. The van der Waals surface area contributed by atoms with E-state index in [2.05, 4.69) is 20.3 Å². The van der Waals surface area contributed by atoms with E-state index in [4.69, 9.17) is 21.1 Å². The summed E-state index contributed by atoms with van der Waals surface area (Å²) >= 11 is 6.09. The van der Waals surface area contributed by atoms with Gasteiger partial charge in [0.1, 0.15) is 24.1 Å². The standard InChI is InChI=1S/C18H20ClN5O5/c1-28-10-4-2-9(3-5-10)6-20-15-12-16(23-18(19)22-15)24(8-21-12)17-14(27)13(26)11(7-25)29-17/h2-5,8,11,13-14,17,25-27H,6-7H2,1H3,(H,20,22,23)/t11-,13+,14?,17-/m1/s1. The molecule has 1 fully saturated rings. The summed E-state index contributed by atoms with van der Waals surface area (Å²) in [6, 6.07) is 7.55. The summed E-state index contributed by atoms with van der Waals surface area (Å²) in [7, 11) is 1.61. The summed E-state index contributed by atoms with van der Waals surface area (Å²) in [5, 5.41) is 32.8. The van der Waals surface area contributed by atoms with Crippen molar-refractivity contribution >= 4 is 28.6 Å². The van der Waals surface area contributed by atoms with E-state index in [-0.39, 0.29) is 5.28 Å². The van der Waals surface area contributed by atoms with E-state index in [1.54, 1.807) is 7.11 Å². The normalized spacial score (nSPS) is 24.2. The first kappa shape index (κ1) is 19.8. The number of nitrogens with zero attached hydrogens (tertiary/aromatic N) is 4. The van der Waals surface area contributed by atoms with E-state index in [1.807, 2.05) is 24.3 Å². The van der Waals surface area contributed by atoms with Gasteiger partial charge in [0.25, 0.3) is 0 Å². The molecule has 0 amide bonds. The van der Waals surface area contributed by atoms with Crippen LogP contribution in [-0.4, -0.2) is 66.9 Å². The highest BCUT2D eigenvalue weighted by Gasteiger charge is 2.44. The van der Waals surface area contributed by atoms with Crippen LogP contribution in [0.4, 0.5) is 5.82 Å². The Labute approximate surface area is 170 Å². The summed E-state index contributed by atoms with van der Waals surface area (Å²) in [5.74, 6) is 1.18. The SMILES string of the molecule is COc1ccc(CNc2nc(Cl)nc3c2ncn3[C@@H]2O[C@H](CO)[C@H](O)C2O)cc1. The summed E-state index contributed by atoms with van der Waals surface area (Å²) in [4.78, 5) is 12.7. The molecule has 0 spiro atoms. The number of fused-ring (bicyclic) bond motifs is 1. The van der Waals surface area contributed by atoms with Gasteiger partial charge >= 0.3 is 0 Å². The minimum atomic E-state index is -1.26. The quantitative estimate of drug-likeness (QED) is 0.424. The van der Waals surface area contributed by atoms with E-state index in [9.17, 15) is 15.3 Å². The lowest BCUT2D eigenvalue weighted by molar-refractivity contribution is -0.0511. The fourth-order valence-corrected chi connectivity index (χ4v) is 3.40. The lowest BCUT2D eigenvalue weighted by Crippen LogP contribution is -2.33. The number of nitrogens with one attached hydrogen (secondary N) is 1. The second-order valence-electron chi connectivity index (χ2n) is 6.60. The molecule has 1 aliphatic heterocycles. The fraction of sp³-hybridized carbons (Fsp3) is 0.389. The van der Waals surface area contributed by atoms with Crippen molar-refractivity contribution in [3.63, 3.8) is 0 Å². The van der Waals surface area contributed by atoms with Crippen LogP contribution < -0.4 is 10.1 Å². The van der Waals surface area contributed by atoms with Crippen LogP contribution in [0.15, 0.2) is 30.6 Å². The van der Waals surface area contributed by atoms with Crippen molar-refractivity contribution in [3.8, 4) is 5.75 Å². The number of anilines is 1. The molecule has 0 radical (unpaired) electrons. The summed E-state index contributed by atoms with van der Waals surface area (Å²) in [5.41, 5.74) is 1.76. The van der Waals surface area contributed by atoms with E-state index < -0.39 is 31.1 Å². The third-order valence-electron chi connectivity index (χ3n) is 4.80. The van der Waals surface area contributed by atoms with Crippen molar-refractivity contribution in [1.82, 2.24) is 19.5 Å². The molecule has 0 bridgehead atoms. The molecule has 1 unspecified atom stereocenters. The Morgan fingerprint density at radius 3 is 2.62 bits per heavy atom. The highest BCUT2D eigenvalue weighted by atomic mass is 35.5. The maximum atomic E-state index is 10.3. The number of hydrogen-bond acceptors (Lipinski definition) is 9. The monoisotopic (exact) mass is 421 g/mol. The molecule has 3 aromatic rings. The van der Waals surface area contributed by atoms with Gasteiger partial charge in [0.2, 0.25) is 5.28 Å². The average Bonchev–Trinajstić information content (AvgIpc) is 3.27. The van der Waals surface area contributed by atoms with Crippen LogP contribution in [0.25, 0.3) is 11.2 Å². The van der Waals surface area contributed by atoms with Crippen LogP contribution in [0.5, 0.6) is 5.75 Å². The Hall–Kier alpha value is -2.50. The lowest BCUT2D eigenvalue weighted by Gasteiger charge is -2.16. The molecule has 0 saturated carbocycles. The van der Waals surface area contributed by atoms with Gasteiger partial charge in [-0.2, -0.15) is 9.97 Å². The first-order chi connectivity index (χ1) is 14.0. The van der Waals surface area contributed by atoms with E-state index in [0.717, 1.165) is 11.3 Å². The van der Waals surface area contributed by atoms with Crippen LogP contribution >= 0.6 is 11.6 Å². The Morgan fingerprint density at radius 2 is 1.97 bits per heavy atom. The average molecular weight is 422 g/mol. The highest BCUT2D eigenvalue weighted by Crippen LogP contribution is 2.32. The molecule has 11 heteroatoms. The maximum absolute atomic E-state index is 10.3. The number of rotatable bonds is 6. The van der Waals surface area contributed by atoms with Gasteiger partial charge in [-0.3, -0.25) is 4.57 Å². The number of aromatic nitrogens is 4. The second-order valence-corrected chi connectivity index (χ2v) is 6.93. The molecule has 29 heavy (non-hydrogen) atoms. The smallest absolute Gasteiger partial charge is 0.226 e. The third-order valence-corrected chi connectivity index (χ3v) is 4.97. The number of halogens is 1. The number of benzene rings is 1. The third kappa shape index (κ3) is 3.72. The number of methoxy groups -OCH3 is 1. The molecule has 4 atom stereocenters. The minimum absolute atomic E-state index is 0.0109. The number of aliphatic hydroxyl groups excluding tert-OH is 3. The molecule has 1 saturated heterocycles. The van der Waals surface area contributed by atoms with Crippen LogP contribution in [0.2, 0.25) is 5.28 Å². The molecule has 4 N–H and O–H groups in total. The number of aliphatic hydroxyl groups is 3. The Bertz CT molecular complexity index is 998. The van der Waals surface area contributed by atoms with E-state index >= 15 is 0 Å². The molecule has 154 valence electrons. The molecule has 1 aromatic carbocycles. The van der Waals surface area contributed by atoms with Gasteiger partial charge in [0, 0.05) is 6.54 Å². The molecular formula is C18H20ClN5O5. The zero-order valence-corrected chi connectivity index (χ0v) is 16.2. The van der Waals surface area contributed by atoms with Crippen LogP contribution in [0, 0.1) is 0 Å². The van der Waals surface area contributed by atoms with Crippen molar-refractivity contribution in [3.05, 3.63) is 41.4 Å². The summed E-state index contributed by atoms with van der Waals surface area (Å²) in [6.45, 7) is 0.0406. The van der Waals surface area contributed by atoms with Crippen molar-refractivity contribution in [2.24, 2.45) is 0 Å². The van der Waals surface area contributed by atoms with Crippen molar-refractivity contribution in [1.29, 1.82) is 0 Å². The minimum Gasteiger partial charge on any atom is -0.497 e. The van der Waals surface area contributed by atoms with E-state index in [1.165, 1.54) is 10.9 Å². The first-order valence-electron chi connectivity index (χ1n) is 8.91. The van der Waals surface area contributed by atoms with E-state index in [0.29, 0.717) is 23.5 Å². The van der Waals surface area contributed by atoms with Gasteiger partial charge in [0.05, 0.1) is 20.0 Å². The molecule has 4 rings (SSSR count). The van der Waals surface area contributed by atoms with Crippen LogP contribution in [-0.2, 0) is 11.3 Å². The van der Waals surface area contributed by atoms with Gasteiger partial charge in [-0.25, -0.2) is 4.98 Å². The van der Waals surface area contributed by atoms with Crippen molar-refractivity contribution < 1.29 is 24.8 Å². The summed E-state index contributed by atoms with van der Waals surface area (Å²) < 4.78 is 12.2. The zero-order chi connectivity index (χ0) is 20.5. The van der Waals surface area contributed by atoms with Crippen LogP contribution in [0.1, 0.15) is 11.8 Å². The second kappa shape index (κ2) is 8.09. The van der Waals surface area contributed by atoms with Gasteiger partial charge < -0.3 is 30.1 Å². The fourth-order valence-electron chi connectivity index (χ4n) is 3.24.